The lowest BCUT2D eigenvalue weighted by molar-refractivity contribution is 0.0979. The van der Waals surface area contributed by atoms with Crippen LogP contribution < -0.4 is 0 Å². The first kappa shape index (κ1) is 11.0. The van der Waals surface area contributed by atoms with Gasteiger partial charge in [0.15, 0.2) is 0 Å². The van der Waals surface area contributed by atoms with E-state index in [0.29, 0.717) is 13.2 Å². The summed E-state index contributed by atoms with van der Waals surface area (Å²) in [4.78, 5) is 13.4. The van der Waals surface area contributed by atoms with Crippen LogP contribution in [0.5, 0.6) is 0 Å². The van der Waals surface area contributed by atoms with Crippen molar-refractivity contribution in [2.24, 2.45) is 0 Å². The number of carbonyl (C=O) groups is 1. The molecule has 0 saturated heterocycles. The van der Waals surface area contributed by atoms with E-state index in [9.17, 15) is 4.79 Å². The molecule has 1 aromatic carbocycles. The van der Waals surface area contributed by atoms with Gasteiger partial charge in [-0.1, -0.05) is 25.1 Å². The topological polar surface area (TPSA) is 29.5 Å². The van der Waals surface area contributed by atoms with Gasteiger partial charge in [0.1, 0.15) is 0 Å². The minimum Gasteiger partial charge on any atom is -0.449 e. The molecule has 0 aromatic heterocycles. The van der Waals surface area contributed by atoms with Crippen molar-refractivity contribution >= 4 is 6.09 Å². The predicted molar refractivity (Wildman–Crippen MR) is 61.0 cm³/mol. The zero-order chi connectivity index (χ0) is 11.4. The summed E-state index contributed by atoms with van der Waals surface area (Å²) in [5, 5.41) is 0. The van der Waals surface area contributed by atoms with Crippen molar-refractivity contribution in [1.29, 1.82) is 0 Å². The van der Waals surface area contributed by atoms with Gasteiger partial charge in [0.05, 0.1) is 6.61 Å². The summed E-state index contributed by atoms with van der Waals surface area (Å²) < 4.78 is 5.12. The normalized spacial score (nSPS) is 14.4. The van der Waals surface area contributed by atoms with E-state index in [-0.39, 0.29) is 6.09 Å². The van der Waals surface area contributed by atoms with Crippen molar-refractivity contribution < 1.29 is 9.53 Å². The number of hydrogen-bond donors (Lipinski definition) is 0. The summed E-state index contributed by atoms with van der Waals surface area (Å²) in [6, 6.07) is 8.98. The second kappa shape index (κ2) is 5.01. The average molecular weight is 218 g/mol. The van der Waals surface area contributed by atoms with Crippen molar-refractivity contribution in [2.75, 3.05) is 13.2 Å². The summed E-state index contributed by atoms with van der Waals surface area (Å²) in [6.07, 6.45) is 1.57. The first-order chi connectivity index (χ1) is 7.81. The van der Waals surface area contributed by atoms with Crippen LogP contribution in [0.4, 0.5) is 4.79 Å². The number of benzene rings is 1. The quantitative estimate of drug-likeness (QED) is 0.762. The maximum absolute atomic E-state index is 11.7. The lowest BCUT2D eigenvalue weighted by Gasteiger charge is -2.27. The van der Waals surface area contributed by atoms with Crippen molar-refractivity contribution in [1.82, 2.24) is 4.90 Å². The zero-order valence-corrected chi connectivity index (χ0v) is 9.53. The van der Waals surface area contributed by atoms with E-state index in [1.807, 2.05) is 25.1 Å². The molecule has 3 heteroatoms. The molecule has 85 valence electrons. The second-order valence-electron chi connectivity index (χ2n) is 3.98. The molecule has 0 atom stereocenters. The molecule has 16 heavy (non-hydrogen) atoms. The molecule has 0 saturated carbocycles. The highest BCUT2D eigenvalue weighted by Crippen LogP contribution is 2.18. The number of fused-ring (bicyclic) bond motifs is 1. The lowest BCUT2D eigenvalue weighted by atomic mass is 10.0. The van der Waals surface area contributed by atoms with Crippen LogP contribution in [0.1, 0.15) is 24.5 Å². The molecule has 1 aromatic rings. The van der Waals surface area contributed by atoms with Crippen LogP contribution in [-0.2, 0) is 17.7 Å². The van der Waals surface area contributed by atoms with Crippen LogP contribution in [0.15, 0.2) is 18.2 Å². The van der Waals surface area contributed by atoms with Gasteiger partial charge >= 0.3 is 6.09 Å². The number of carbonyl (C=O) groups excluding carboxylic acids is 1. The van der Waals surface area contributed by atoms with Crippen LogP contribution in [-0.4, -0.2) is 24.1 Å². The van der Waals surface area contributed by atoms with Gasteiger partial charge in [-0.25, -0.2) is 4.79 Å². The van der Waals surface area contributed by atoms with Gasteiger partial charge < -0.3 is 9.64 Å². The third-order valence-electron chi connectivity index (χ3n) is 2.75. The van der Waals surface area contributed by atoms with Crippen molar-refractivity contribution in [2.45, 2.75) is 26.3 Å². The monoisotopic (exact) mass is 218 g/mol. The van der Waals surface area contributed by atoms with E-state index < -0.39 is 0 Å². The molecule has 3 nitrogen and oxygen atoms in total. The Balaban J connectivity index is 1.99. The van der Waals surface area contributed by atoms with Crippen LogP contribution >= 0.6 is 0 Å². The van der Waals surface area contributed by atoms with Gasteiger partial charge in [-0.15, -0.1) is 0 Å². The van der Waals surface area contributed by atoms with Gasteiger partial charge in [0.25, 0.3) is 0 Å². The Morgan fingerprint density at radius 1 is 1.56 bits per heavy atom. The van der Waals surface area contributed by atoms with Gasteiger partial charge in [0, 0.05) is 13.1 Å². The van der Waals surface area contributed by atoms with Crippen LogP contribution in [0, 0.1) is 6.07 Å². The molecule has 1 aliphatic heterocycles. The maximum Gasteiger partial charge on any atom is 0.410 e. The highest BCUT2D eigenvalue weighted by Gasteiger charge is 2.20. The van der Waals surface area contributed by atoms with Crippen LogP contribution in [0.25, 0.3) is 0 Å². The molecule has 0 spiro atoms. The van der Waals surface area contributed by atoms with E-state index in [4.69, 9.17) is 4.74 Å². The molecule has 2 rings (SSSR count). The Labute approximate surface area is 96.0 Å². The number of hydrogen-bond acceptors (Lipinski definition) is 2. The Bertz CT molecular complexity index is 376. The summed E-state index contributed by atoms with van der Waals surface area (Å²) in [5.41, 5.74) is 2.50. The standard InChI is InChI=1S/C13H16NO2/c1-2-9-16-13(15)14-8-7-11-5-3-4-6-12(11)10-14/h4-6H,2,7-10H2,1H3. The third kappa shape index (κ3) is 2.35. The van der Waals surface area contributed by atoms with Crippen LogP contribution in [0.3, 0.4) is 0 Å². The first-order valence-corrected chi connectivity index (χ1v) is 5.71. The Kier molecular flexibility index (Phi) is 3.44. The smallest absolute Gasteiger partial charge is 0.410 e. The largest absolute Gasteiger partial charge is 0.449 e. The second-order valence-corrected chi connectivity index (χ2v) is 3.98. The Hall–Kier alpha value is -1.51. The molecule has 0 unspecified atom stereocenters. The number of ether oxygens (including phenoxy) is 1. The van der Waals surface area contributed by atoms with Gasteiger partial charge in [-0.05, 0) is 30.0 Å². The minimum atomic E-state index is -0.194. The average Bonchev–Trinajstić information content (AvgIpc) is 2.35. The molecular weight excluding hydrogens is 202 g/mol. The van der Waals surface area contributed by atoms with E-state index in [1.54, 1.807) is 4.90 Å². The summed E-state index contributed by atoms with van der Waals surface area (Å²) >= 11 is 0. The van der Waals surface area contributed by atoms with Crippen molar-refractivity contribution in [3.63, 3.8) is 0 Å². The fourth-order valence-electron chi connectivity index (χ4n) is 1.86. The van der Waals surface area contributed by atoms with E-state index in [2.05, 4.69) is 6.07 Å². The van der Waals surface area contributed by atoms with E-state index in [0.717, 1.165) is 19.4 Å². The maximum atomic E-state index is 11.7. The van der Waals surface area contributed by atoms with Crippen LogP contribution in [0.2, 0.25) is 0 Å². The van der Waals surface area contributed by atoms with E-state index >= 15 is 0 Å². The number of rotatable bonds is 2. The molecule has 1 aliphatic rings. The summed E-state index contributed by atoms with van der Waals surface area (Å²) in [7, 11) is 0. The van der Waals surface area contributed by atoms with E-state index in [1.165, 1.54) is 11.1 Å². The third-order valence-corrected chi connectivity index (χ3v) is 2.75. The number of amides is 1. The SMILES string of the molecule is CCCOC(=O)N1CCc2c[c]ccc2C1. The van der Waals surface area contributed by atoms with Gasteiger partial charge in [0.2, 0.25) is 0 Å². The summed E-state index contributed by atoms with van der Waals surface area (Å²) in [5.74, 6) is 0. The molecule has 0 N–H and O–H groups in total. The molecule has 1 amide bonds. The summed E-state index contributed by atoms with van der Waals surface area (Å²) in [6.45, 7) is 3.90. The highest BCUT2D eigenvalue weighted by molar-refractivity contribution is 5.68. The van der Waals surface area contributed by atoms with Gasteiger partial charge in [-0.2, -0.15) is 0 Å². The predicted octanol–water partition coefficient (Wildman–Crippen LogP) is 2.39. The molecule has 0 bridgehead atoms. The Morgan fingerprint density at radius 3 is 3.25 bits per heavy atom. The molecule has 1 heterocycles. The molecule has 1 radical (unpaired) electrons. The lowest BCUT2D eigenvalue weighted by Crippen LogP contribution is -2.36. The Morgan fingerprint density at radius 2 is 2.44 bits per heavy atom. The first-order valence-electron chi connectivity index (χ1n) is 5.71. The van der Waals surface area contributed by atoms with Crippen molar-refractivity contribution in [3.8, 4) is 0 Å². The fourth-order valence-corrected chi connectivity index (χ4v) is 1.86. The number of nitrogens with zero attached hydrogens (tertiary/aromatic N) is 1. The van der Waals surface area contributed by atoms with Crippen molar-refractivity contribution in [3.05, 3.63) is 35.4 Å². The highest BCUT2D eigenvalue weighted by atomic mass is 16.6. The molecular formula is C13H16NO2. The molecule has 0 fully saturated rings. The van der Waals surface area contributed by atoms with Gasteiger partial charge in [-0.3, -0.25) is 0 Å². The fraction of sp³-hybridized carbons (Fsp3) is 0.462. The molecule has 0 aliphatic carbocycles. The zero-order valence-electron chi connectivity index (χ0n) is 9.53. The minimum absolute atomic E-state index is 0.194.